The third kappa shape index (κ3) is 3.58. The second-order valence-corrected chi connectivity index (χ2v) is 7.27. The monoisotopic (exact) mass is 348 g/mol. The van der Waals surface area contributed by atoms with Crippen molar-refractivity contribution in [1.29, 1.82) is 0 Å². The molecule has 8 nitrogen and oxygen atoms in total. The molecule has 2 aliphatic heterocycles. The van der Waals surface area contributed by atoms with Gasteiger partial charge in [-0.15, -0.1) is 0 Å². The molecule has 2 aliphatic rings. The second kappa shape index (κ2) is 6.59. The van der Waals surface area contributed by atoms with Crippen LogP contribution in [-0.2, 0) is 16.1 Å². The Morgan fingerprint density at radius 3 is 2.64 bits per heavy atom. The molecule has 0 aromatic carbocycles. The van der Waals surface area contributed by atoms with Crippen LogP contribution in [0.4, 0.5) is 0 Å². The van der Waals surface area contributed by atoms with Gasteiger partial charge in [0.05, 0.1) is 5.69 Å². The molecule has 2 fully saturated rings. The maximum atomic E-state index is 12.5. The number of nitrogens with zero attached hydrogens (tertiary/aromatic N) is 3. The summed E-state index contributed by atoms with van der Waals surface area (Å²) in [5.41, 5.74) is 1.25. The van der Waals surface area contributed by atoms with E-state index in [0.717, 1.165) is 24.1 Å². The number of nitrogens with one attached hydrogen (secondary N) is 1. The van der Waals surface area contributed by atoms with Crippen molar-refractivity contribution in [3.8, 4) is 0 Å². The lowest BCUT2D eigenvalue weighted by atomic mass is 9.76. The quantitative estimate of drug-likeness (QED) is 0.791. The van der Waals surface area contributed by atoms with Crippen LogP contribution < -0.4 is 10.9 Å². The van der Waals surface area contributed by atoms with Gasteiger partial charge in [-0.3, -0.25) is 14.4 Å². The van der Waals surface area contributed by atoms with Gasteiger partial charge in [-0.25, -0.2) is 4.68 Å². The van der Waals surface area contributed by atoms with Crippen molar-refractivity contribution >= 4 is 11.9 Å². The Kier molecular flexibility index (Phi) is 4.64. The number of aryl methyl sites for hydroxylation is 2. The summed E-state index contributed by atoms with van der Waals surface area (Å²) in [7, 11) is 0. The topological polar surface area (TPSA) is 105 Å². The van der Waals surface area contributed by atoms with Crippen LogP contribution in [0.1, 0.15) is 30.5 Å². The zero-order chi connectivity index (χ0) is 18.2. The van der Waals surface area contributed by atoms with E-state index in [1.165, 1.54) is 10.7 Å². The molecule has 0 aliphatic carbocycles. The van der Waals surface area contributed by atoms with Crippen LogP contribution in [0.5, 0.6) is 0 Å². The summed E-state index contributed by atoms with van der Waals surface area (Å²) in [6, 6.07) is 1.01. The minimum atomic E-state index is -0.810. The fraction of sp³-hybridized carbons (Fsp3) is 0.647. The van der Waals surface area contributed by atoms with Crippen molar-refractivity contribution in [2.24, 2.45) is 5.41 Å². The van der Waals surface area contributed by atoms with E-state index in [2.05, 4.69) is 10.4 Å². The van der Waals surface area contributed by atoms with Gasteiger partial charge in [0.15, 0.2) is 0 Å². The number of aliphatic carboxylic acids is 1. The highest BCUT2D eigenvalue weighted by molar-refractivity contribution is 5.76. The lowest BCUT2D eigenvalue weighted by Crippen LogP contribution is -2.46. The summed E-state index contributed by atoms with van der Waals surface area (Å²) in [6.07, 6.45) is 2.18. The fourth-order valence-corrected chi connectivity index (χ4v) is 3.72. The Morgan fingerprint density at radius 1 is 1.36 bits per heavy atom. The highest BCUT2D eigenvalue weighted by atomic mass is 16.4. The number of likely N-dealkylation sites (tertiary alicyclic amines) is 1. The van der Waals surface area contributed by atoms with Crippen molar-refractivity contribution in [1.82, 2.24) is 20.0 Å². The zero-order valence-electron chi connectivity index (χ0n) is 14.6. The van der Waals surface area contributed by atoms with Crippen LogP contribution in [-0.4, -0.2) is 57.3 Å². The van der Waals surface area contributed by atoms with Crippen molar-refractivity contribution in [3.05, 3.63) is 27.7 Å². The SMILES string of the molecule is Cc1cc(=O)n(CC(=O)N2CCC3(CC2)CNC(C(=O)O)C3)nc1C. The molecule has 0 bridgehead atoms. The average Bonchev–Trinajstić information content (AvgIpc) is 2.97. The van der Waals surface area contributed by atoms with E-state index in [9.17, 15) is 14.4 Å². The fourth-order valence-electron chi connectivity index (χ4n) is 3.72. The van der Waals surface area contributed by atoms with Gasteiger partial charge in [-0.2, -0.15) is 5.10 Å². The summed E-state index contributed by atoms with van der Waals surface area (Å²) >= 11 is 0. The van der Waals surface area contributed by atoms with E-state index >= 15 is 0 Å². The summed E-state index contributed by atoms with van der Waals surface area (Å²) in [4.78, 5) is 37.4. The van der Waals surface area contributed by atoms with Crippen LogP contribution in [0.15, 0.2) is 10.9 Å². The maximum Gasteiger partial charge on any atom is 0.320 e. The summed E-state index contributed by atoms with van der Waals surface area (Å²) in [6.45, 7) is 5.44. The highest BCUT2D eigenvalue weighted by Crippen LogP contribution is 2.39. The Hall–Kier alpha value is -2.22. The first-order valence-electron chi connectivity index (χ1n) is 8.59. The molecule has 25 heavy (non-hydrogen) atoms. The lowest BCUT2D eigenvalue weighted by molar-refractivity contribution is -0.139. The second-order valence-electron chi connectivity index (χ2n) is 7.27. The van der Waals surface area contributed by atoms with Gasteiger partial charge in [0.2, 0.25) is 5.91 Å². The van der Waals surface area contributed by atoms with Gasteiger partial charge in [0.1, 0.15) is 12.6 Å². The molecule has 2 saturated heterocycles. The molecule has 1 amide bonds. The van der Waals surface area contributed by atoms with Crippen LogP contribution in [0.3, 0.4) is 0 Å². The van der Waals surface area contributed by atoms with Gasteiger partial charge in [-0.1, -0.05) is 0 Å². The highest BCUT2D eigenvalue weighted by Gasteiger charge is 2.44. The molecule has 3 rings (SSSR count). The Bertz CT molecular complexity index is 750. The van der Waals surface area contributed by atoms with Gasteiger partial charge < -0.3 is 15.3 Å². The predicted octanol–water partition coefficient (Wildman–Crippen LogP) is -0.0846. The van der Waals surface area contributed by atoms with Gasteiger partial charge in [-0.05, 0) is 44.1 Å². The van der Waals surface area contributed by atoms with E-state index in [1.54, 1.807) is 4.90 Å². The first-order chi connectivity index (χ1) is 11.8. The third-order valence-electron chi connectivity index (χ3n) is 5.56. The van der Waals surface area contributed by atoms with Crippen LogP contribution in [0.2, 0.25) is 0 Å². The third-order valence-corrected chi connectivity index (χ3v) is 5.56. The van der Waals surface area contributed by atoms with Gasteiger partial charge >= 0.3 is 5.97 Å². The number of carbonyl (C=O) groups excluding carboxylic acids is 1. The van der Waals surface area contributed by atoms with E-state index in [-0.39, 0.29) is 23.4 Å². The van der Waals surface area contributed by atoms with Crippen LogP contribution in [0.25, 0.3) is 0 Å². The molecule has 1 atom stereocenters. The van der Waals surface area contributed by atoms with Crippen LogP contribution >= 0.6 is 0 Å². The van der Waals surface area contributed by atoms with Crippen molar-refractivity contribution in [2.45, 2.75) is 45.7 Å². The number of carboxylic acid groups (broad SMARTS) is 1. The number of amides is 1. The first-order valence-corrected chi connectivity index (χ1v) is 8.59. The van der Waals surface area contributed by atoms with E-state index < -0.39 is 12.0 Å². The minimum Gasteiger partial charge on any atom is -0.480 e. The van der Waals surface area contributed by atoms with E-state index in [1.807, 2.05) is 13.8 Å². The number of carboxylic acids is 1. The Balaban J connectivity index is 1.60. The van der Waals surface area contributed by atoms with Gasteiger partial charge in [0.25, 0.3) is 5.56 Å². The standard InChI is InChI=1S/C17H24N4O4/c1-11-7-14(22)21(19-12(11)2)9-15(23)20-5-3-17(4-6-20)8-13(16(24)25)18-10-17/h7,13,18H,3-6,8-10H2,1-2H3,(H,24,25). The number of hydrogen-bond donors (Lipinski definition) is 2. The molecule has 1 unspecified atom stereocenters. The molecule has 1 aromatic heterocycles. The molecule has 8 heteroatoms. The zero-order valence-corrected chi connectivity index (χ0v) is 14.6. The minimum absolute atomic E-state index is 0.0324. The molecule has 3 heterocycles. The lowest BCUT2D eigenvalue weighted by Gasteiger charge is -2.39. The van der Waals surface area contributed by atoms with Gasteiger partial charge in [0, 0.05) is 25.7 Å². The molecular formula is C17H24N4O4. The number of hydrogen-bond acceptors (Lipinski definition) is 5. The first kappa shape index (κ1) is 17.6. The molecule has 136 valence electrons. The molecular weight excluding hydrogens is 324 g/mol. The smallest absolute Gasteiger partial charge is 0.320 e. The average molecular weight is 348 g/mol. The number of aromatic nitrogens is 2. The summed E-state index contributed by atoms with van der Waals surface area (Å²) in [5.74, 6) is -0.927. The molecule has 0 saturated carbocycles. The number of carbonyl (C=O) groups is 2. The van der Waals surface area contributed by atoms with Crippen molar-refractivity contribution < 1.29 is 14.7 Å². The maximum absolute atomic E-state index is 12.5. The predicted molar refractivity (Wildman–Crippen MR) is 90.3 cm³/mol. The number of piperidine rings is 1. The Morgan fingerprint density at radius 2 is 2.04 bits per heavy atom. The summed E-state index contributed by atoms with van der Waals surface area (Å²) in [5, 5.41) is 16.4. The molecule has 0 radical (unpaired) electrons. The number of rotatable bonds is 3. The summed E-state index contributed by atoms with van der Waals surface area (Å²) < 4.78 is 1.21. The van der Waals surface area contributed by atoms with E-state index in [4.69, 9.17) is 5.11 Å². The Labute approximate surface area is 145 Å². The van der Waals surface area contributed by atoms with Crippen LogP contribution in [0, 0.1) is 19.3 Å². The van der Waals surface area contributed by atoms with E-state index in [0.29, 0.717) is 26.1 Å². The molecule has 2 N–H and O–H groups in total. The largest absolute Gasteiger partial charge is 0.480 e. The normalized spacial score (nSPS) is 22.3. The molecule has 1 spiro atoms. The molecule has 1 aromatic rings. The van der Waals surface area contributed by atoms with Crippen molar-refractivity contribution in [3.63, 3.8) is 0 Å². The van der Waals surface area contributed by atoms with Crippen molar-refractivity contribution in [2.75, 3.05) is 19.6 Å².